The van der Waals surface area contributed by atoms with Crippen LogP contribution in [0.4, 0.5) is 4.79 Å². The Balaban J connectivity index is 1.71. The Hall–Kier alpha value is -2.08. The van der Waals surface area contributed by atoms with Gasteiger partial charge in [-0.05, 0) is 32.0 Å². The van der Waals surface area contributed by atoms with E-state index >= 15 is 0 Å². The van der Waals surface area contributed by atoms with Crippen LogP contribution >= 0.6 is 0 Å². The van der Waals surface area contributed by atoms with Crippen LogP contribution < -0.4 is 0 Å². The van der Waals surface area contributed by atoms with E-state index in [9.17, 15) is 9.59 Å². The molecule has 2 fully saturated rings. The van der Waals surface area contributed by atoms with Gasteiger partial charge in [0, 0.05) is 24.4 Å². The minimum Gasteiger partial charge on any atom is -0.458 e. The molecular weight excluding hydrogens is 310 g/mol. The van der Waals surface area contributed by atoms with Gasteiger partial charge in [0.15, 0.2) is 0 Å². The van der Waals surface area contributed by atoms with Crippen LogP contribution in [0.2, 0.25) is 0 Å². The molecule has 2 bridgehead atoms. The van der Waals surface area contributed by atoms with Crippen LogP contribution in [0.15, 0.2) is 30.3 Å². The molecule has 1 aromatic rings. The Morgan fingerprint density at radius 3 is 2.67 bits per heavy atom. The second kappa shape index (κ2) is 7.21. The molecule has 3 rings (SSSR count). The molecule has 1 aromatic carbocycles. The zero-order valence-corrected chi connectivity index (χ0v) is 14.0. The summed E-state index contributed by atoms with van der Waals surface area (Å²) >= 11 is 0. The summed E-state index contributed by atoms with van der Waals surface area (Å²) in [6.07, 6.45) is 1.91. The average Bonchev–Trinajstić information content (AvgIpc) is 2.85. The summed E-state index contributed by atoms with van der Waals surface area (Å²) in [7, 11) is 3.37. The van der Waals surface area contributed by atoms with Gasteiger partial charge in [-0.15, -0.1) is 0 Å². The molecular formula is C18H23NO5. The van der Waals surface area contributed by atoms with E-state index in [2.05, 4.69) is 16.7 Å². The van der Waals surface area contributed by atoms with Gasteiger partial charge < -0.3 is 14.2 Å². The van der Waals surface area contributed by atoms with Crippen molar-refractivity contribution in [3.63, 3.8) is 0 Å². The molecule has 4 atom stereocenters. The highest BCUT2D eigenvalue weighted by Crippen LogP contribution is 2.40. The van der Waals surface area contributed by atoms with Crippen molar-refractivity contribution in [2.24, 2.45) is 5.92 Å². The summed E-state index contributed by atoms with van der Waals surface area (Å²) in [6.45, 7) is 0.196. The monoisotopic (exact) mass is 333 g/mol. The van der Waals surface area contributed by atoms with Crippen LogP contribution in [0, 0.1) is 5.92 Å². The molecule has 24 heavy (non-hydrogen) atoms. The van der Waals surface area contributed by atoms with E-state index in [0.29, 0.717) is 11.6 Å². The average molecular weight is 333 g/mol. The Morgan fingerprint density at radius 1 is 1.21 bits per heavy atom. The summed E-state index contributed by atoms with van der Waals surface area (Å²) in [5, 5.41) is 0. The standard InChI is InChI=1S/C18H23NO5/c1-19-13-8-9-15(19)14(11-23-18(21)22-2)16(10-13)24-17(20)12-6-4-3-5-7-12/h3-7,13-16H,8-11H2,1-2H3. The highest BCUT2D eigenvalue weighted by molar-refractivity contribution is 5.89. The van der Waals surface area contributed by atoms with Crippen molar-refractivity contribution in [2.45, 2.75) is 37.5 Å². The Labute approximate surface area is 141 Å². The first-order valence-electron chi connectivity index (χ1n) is 8.29. The third kappa shape index (κ3) is 3.38. The van der Waals surface area contributed by atoms with E-state index in [0.717, 1.165) is 19.3 Å². The number of carbonyl (C=O) groups excluding carboxylic acids is 2. The normalized spacial score (nSPS) is 29.1. The van der Waals surface area contributed by atoms with Crippen LogP contribution in [-0.4, -0.2) is 56.0 Å². The largest absolute Gasteiger partial charge is 0.507 e. The molecule has 2 heterocycles. The third-order valence-corrected chi connectivity index (χ3v) is 5.20. The first-order valence-corrected chi connectivity index (χ1v) is 8.29. The molecule has 0 spiro atoms. The topological polar surface area (TPSA) is 65.1 Å². The van der Waals surface area contributed by atoms with E-state index < -0.39 is 6.16 Å². The highest BCUT2D eigenvalue weighted by atomic mass is 16.7. The summed E-state index contributed by atoms with van der Waals surface area (Å²) in [5.74, 6) is -0.367. The lowest BCUT2D eigenvalue weighted by atomic mass is 9.88. The molecule has 2 saturated heterocycles. The second-order valence-corrected chi connectivity index (χ2v) is 6.44. The number of piperidine rings is 1. The molecule has 4 unspecified atom stereocenters. The quantitative estimate of drug-likeness (QED) is 0.789. The maximum absolute atomic E-state index is 12.4. The van der Waals surface area contributed by atoms with Gasteiger partial charge in [0.05, 0.1) is 12.7 Å². The summed E-state index contributed by atoms with van der Waals surface area (Å²) in [5.41, 5.74) is 0.538. The lowest BCUT2D eigenvalue weighted by Crippen LogP contribution is -2.52. The fourth-order valence-electron chi connectivity index (χ4n) is 3.89. The van der Waals surface area contributed by atoms with Gasteiger partial charge in [0.25, 0.3) is 0 Å². The molecule has 2 aliphatic heterocycles. The number of hydrogen-bond acceptors (Lipinski definition) is 6. The number of fused-ring (bicyclic) bond motifs is 2. The van der Waals surface area contributed by atoms with Crippen molar-refractivity contribution in [3.05, 3.63) is 35.9 Å². The fraction of sp³-hybridized carbons (Fsp3) is 0.556. The lowest BCUT2D eigenvalue weighted by Gasteiger charge is -2.41. The van der Waals surface area contributed by atoms with E-state index in [1.165, 1.54) is 7.11 Å². The number of esters is 1. The van der Waals surface area contributed by atoms with Crippen LogP contribution in [0.3, 0.4) is 0 Å². The van der Waals surface area contributed by atoms with Gasteiger partial charge in [0.1, 0.15) is 12.7 Å². The molecule has 0 N–H and O–H groups in total. The van der Waals surface area contributed by atoms with E-state index in [1.54, 1.807) is 12.1 Å². The molecule has 0 aromatic heterocycles. The van der Waals surface area contributed by atoms with Gasteiger partial charge >= 0.3 is 12.1 Å². The number of rotatable bonds is 4. The molecule has 0 saturated carbocycles. The van der Waals surface area contributed by atoms with Gasteiger partial charge in [-0.3, -0.25) is 4.90 Å². The van der Waals surface area contributed by atoms with Crippen molar-refractivity contribution >= 4 is 12.1 Å². The van der Waals surface area contributed by atoms with Crippen molar-refractivity contribution < 1.29 is 23.8 Å². The summed E-state index contributed by atoms with van der Waals surface area (Å²) in [6, 6.07) is 9.64. The number of hydrogen-bond donors (Lipinski definition) is 0. The number of nitrogens with zero attached hydrogens (tertiary/aromatic N) is 1. The molecule has 0 radical (unpaired) electrons. The molecule has 0 amide bonds. The Bertz CT molecular complexity index is 590. The highest BCUT2D eigenvalue weighted by Gasteiger charge is 2.47. The predicted octanol–water partition coefficient (Wildman–Crippen LogP) is 2.48. The smallest absolute Gasteiger partial charge is 0.458 e. The zero-order chi connectivity index (χ0) is 17.1. The van der Waals surface area contributed by atoms with Gasteiger partial charge in [-0.25, -0.2) is 9.59 Å². The number of methoxy groups -OCH3 is 1. The van der Waals surface area contributed by atoms with Crippen LogP contribution in [0.5, 0.6) is 0 Å². The first-order chi connectivity index (χ1) is 11.6. The second-order valence-electron chi connectivity index (χ2n) is 6.44. The van der Waals surface area contributed by atoms with Gasteiger partial charge in [-0.2, -0.15) is 0 Å². The van der Waals surface area contributed by atoms with Crippen molar-refractivity contribution in [1.29, 1.82) is 0 Å². The summed E-state index contributed by atoms with van der Waals surface area (Å²) < 4.78 is 15.5. The minimum absolute atomic E-state index is 0.0412. The maximum Gasteiger partial charge on any atom is 0.507 e. The van der Waals surface area contributed by atoms with Crippen LogP contribution in [0.1, 0.15) is 29.6 Å². The molecule has 0 aliphatic carbocycles. The van der Waals surface area contributed by atoms with Crippen molar-refractivity contribution in [2.75, 3.05) is 20.8 Å². The predicted molar refractivity (Wildman–Crippen MR) is 86.7 cm³/mol. The lowest BCUT2D eigenvalue weighted by molar-refractivity contribution is -0.0564. The van der Waals surface area contributed by atoms with E-state index in [-0.39, 0.29) is 30.6 Å². The first kappa shape index (κ1) is 16.8. The van der Waals surface area contributed by atoms with Crippen molar-refractivity contribution in [3.8, 4) is 0 Å². The number of ether oxygens (including phenoxy) is 3. The SMILES string of the molecule is COC(=O)OCC1C(OC(=O)c2ccccc2)CC2CCC1N2C. The summed E-state index contributed by atoms with van der Waals surface area (Å²) in [4.78, 5) is 26.0. The molecule has 130 valence electrons. The van der Waals surface area contributed by atoms with Crippen molar-refractivity contribution in [1.82, 2.24) is 4.90 Å². The molecule has 2 aliphatic rings. The number of carbonyl (C=O) groups is 2. The van der Waals surface area contributed by atoms with E-state index in [4.69, 9.17) is 9.47 Å². The van der Waals surface area contributed by atoms with Gasteiger partial charge in [0.2, 0.25) is 0 Å². The third-order valence-electron chi connectivity index (χ3n) is 5.20. The fourth-order valence-corrected chi connectivity index (χ4v) is 3.89. The zero-order valence-electron chi connectivity index (χ0n) is 14.0. The van der Waals surface area contributed by atoms with E-state index in [1.807, 2.05) is 18.2 Å². The Kier molecular flexibility index (Phi) is 5.04. The molecule has 6 heteroatoms. The molecule has 6 nitrogen and oxygen atoms in total. The maximum atomic E-state index is 12.4. The van der Waals surface area contributed by atoms with Crippen LogP contribution in [-0.2, 0) is 14.2 Å². The Morgan fingerprint density at radius 2 is 1.96 bits per heavy atom. The van der Waals surface area contributed by atoms with Gasteiger partial charge in [-0.1, -0.05) is 18.2 Å². The minimum atomic E-state index is -0.703. The van der Waals surface area contributed by atoms with Crippen LogP contribution in [0.25, 0.3) is 0 Å². The number of benzene rings is 1.